The van der Waals surface area contributed by atoms with Gasteiger partial charge >= 0.3 is 6.18 Å². The zero-order valence-corrected chi connectivity index (χ0v) is 16.1. The van der Waals surface area contributed by atoms with E-state index < -0.39 is 17.6 Å². The summed E-state index contributed by atoms with van der Waals surface area (Å²) in [6.07, 6.45) is -4.00. The number of ether oxygens (including phenoxy) is 1. The first-order valence-electron chi connectivity index (χ1n) is 7.72. The topological polar surface area (TPSA) is 38.3 Å². The Balaban J connectivity index is 1.85. The van der Waals surface area contributed by atoms with E-state index in [-0.39, 0.29) is 17.1 Å². The number of hydrogen-bond acceptors (Lipinski definition) is 2. The molecule has 2 aromatic carbocycles. The average molecular weight is 451 g/mol. The van der Waals surface area contributed by atoms with Crippen molar-refractivity contribution < 1.29 is 22.7 Å². The summed E-state index contributed by atoms with van der Waals surface area (Å²) in [5, 5.41) is 2.45. The fourth-order valence-electron chi connectivity index (χ4n) is 2.15. The van der Waals surface area contributed by atoms with Gasteiger partial charge in [0.2, 0.25) is 5.91 Å². The minimum Gasteiger partial charge on any atom is -0.492 e. The first kappa shape index (κ1) is 20.6. The molecule has 0 aliphatic rings. The van der Waals surface area contributed by atoms with Gasteiger partial charge in [0.1, 0.15) is 5.75 Å². The van der Waals surface area contributed by atoms with E-state index in [9.17, 15) is 18.0 Å². The van der Waals surface area contributed by atoms with Crippen LogP contribution in [0.4, 0.5) is 18.9 Å². The van der Waals surface area contributed by atoms with Crippen LogP contribution in [0.3, 0.4) is 0 Å². The van der Waals surface area contributed by atoms with Crippen LogP contribution in [-0.2, 0) is 11.0 Å². The van der Waals surface area contributed by atoms with Gasteiger partial charge in [0.25, 0.3) is 0 Å². The van der Waals surface area contributed by atoms with E-state index in [0.717, 1.165) is 28.2 Å². The van der Waals surface area contributed by atoms with Crippen LogP contribution in [0.25, 0.3) is 0 Å². The van der Waals surface area contributed by atoms with Gasteiger partial charge in [0.15, 0.2) is 0 Å². The van der Waals surface area contributed by atoms with Crippen molar-refractivity contribution in [2.45, 2.75) is 25.9 Å². The van der Waals surface area contributed by atoms with Crippen molar-refractivity contribution in [3.63, 3.8) is 0 Å². The molecule has 0 radical (unpaired) electrons. The Kier molecular flexibility index (Phi) is 6.94. The molecule has 0 atom stereocenters. The molecule has 0 heterocycles. The molecule has 0 aliphatic heterocycles. The first-order valence-corrected chi connectivity index (χ1v) is 8.89. The van der Waals surface area contributed by atoms with E-state index in [1.54, 1.807) is 0 Å². The largest absolute Gasteiger partial charge is 0.492 e. The van der Waals surface area contributed by atoms with Crippen molar-refractivity contribution in [3.05, 3.63) is 57.0 Å². The van der Waals surface area contributed by atoms with Crippen molar-refractivity contribution >= 4 is 39.1 Å². The number of rotatable bonds is 6. The minimum atomic E-state index is -4.50. The normalized spacial score (nSPS) is 11.3. The second-order valence-corrected chi connectivity index (χ2v) is 6.89. The molecule has 0 saturated heterocycles. The third-order valence-corrected chi connectivity index (χ3v) is 4.41. The average Bonchev–Trinajstić information content (AvgIpc) is 2.54. The number of alkyl halides is 3. The van der Waals surface area contributed by atoms with E-state index in [1.165, 1.54) is 0 Å². The molecular formula is C18H16BrClF3NO2. The number of aryl methyl sites for hydroxylation is 1. The van der Waals surface area contributed by atoms with Gasteiger partial charge < -0.3 is 10.1 Å². The van der Waals surface area contributed by atoms with Crippen LogP contribution in [0.1, 0.15) is 24.0 Å². The number of benzene rings is 2. The monoisotopic (exact) mass is 449 g/mol. The molecule has 2 aromatic rings. The van der Waals surface area contributed by atoms with Gasteiger partial charge in [-0.1, -0.05) is 17.7 Å². The number of halogens is 5. The van der Waals surface area contributed by atoms with Gasteiger partial charge in [0, 0.05) is 6.42 Å². The van der Waals surface area contributed by atoms with E-state index in [1.807, 2.05) is 25.1 Å². The molecule has 140 valence electrons. The molecule has 0 bridgehead atoms. The molecule has 0 spiro atoms. The predicted molar refractivity (Wildman–Crippen MR) is 98.7 cm³/mol. The molecule has 1 N–H and O–H groups in total. The zero-order valence-electron chi connectivity index (χ0n) is 13.8. The Morgan fingerprint density at radius 2 is 1.96 bits per heavy atom. The molecule has 2 rings (SSSR count). The summed E-state index contributed by atoms with van der Waals surface area (Å²) in [6, 6.07) is 8.44. The van der Waals surface area contributed by atoms with Crippen molar-refractivity contribution in [1.29, 1.82) is 0 Å². The van der Waals surface area contributed by atoms with E-state index in [4.69, 9.17) is 16.3 Å². The maximum absolute atomic E-state index is 12.7. The summed E-state index contributed by atoms with van der Waals surface area (Å²) in [5.41, 5.74) is 0.153. The van der Waals surface area contributed by atoms with Crippen LogP contribution in [-0.4, -0.2) is 12.5 Å². The van der Waals surface area contributed by atoms with E-state index in [2.05, 4.69) is 21.2 Å². The molecular weight excluding hydrogens is 435 g/mol. The molecule has 26 heavy (non-hydrogen) atoms. The van der Waals surface area contributed by atoms with Crippen molar-refractivity contribution in [3.8, 4) is 5.75 Å². The number of anilines is 1. The Morgan fingerprint density at radius 1 is 1.23 bits per heavy atom. The third kappa shape index (κ3) is 5.92. The molecule has 8 heteroatoms. The second-order valence-electron chi connectivity index (χ2n) is 5.63. The summed E-state index contributed by atoms with van der Waals surface area (Å²) >= 11 is 9.24. The third-order valence-electron chi connectivity index (χ3n) is 3.46. The van der Waals surface area contributed by atoms with Crippen LogP contribution >= 0.6 is 27.5 Å². The van der Waals surface area contributed by atoms with Gasteiger partial charge in [0.05, 0.1) is 27.4 Å². The number of amides is 1. The van der Waals surface area contributed by atoms with Crippen LogP contribution < -0.4 is 10.1 Å². The Morgan fingerprint density at radius 3 is 2.62 bits per heavy atom. The molecule has 0 aliphatic carbocycles. The van der Waals surface area contributed by atoms with E-state index >= 15 is 0 Å². The fourth-order valence-corrected chi connectivity index (χ4v) is 2.92. The number of carbonyl (C=O) groups is 1. The summed E-state index contributed by atoms with van der Waals surface area (Å²) in [4.78, 5) is 11.9. The Labute approximate surface area is 162 Å². The van der Waals surface area contributed by atoms with Gasteiger partial charge in [-0.3, -0.25) is 4.79 Å². The first-order chi connectivity index (χ1) is 12.2. The lowest BCUT2D eigenvalue weighted by Gasteiger charge is -2.12. The highest BCUT2D eigenvalue weighted by Crippen LogP contribution is 2.34. The van der Waals surface area contributed by atoms with Gasteiger partial charge in [-0.05, 0) is 65.2 Å². The van der Waals surface area contributed by atoms with Crippen molar-refractivity contribution in [2.24, 2.45) is 0 Å². The quantitative estimate of drug-likeness (QED) is 0.530. The SMILES string of the molecule is Cc1ccc(OCCCC(=O)Nc2cc(C(F)(F)F)ccc2Cl)c(Br)c1. The lowest BCUT2D eigenvalue weighted by molar-refractivity contribution is -0.137. The summed E-state index contributed by atoms with van der Waals surface area (Å²) in [6.45, 7) is 2.25. The summed E-state index contributed by atoms with van der Waals surface area (Å²) < 4.78 is 44.6. The zero-order chi connectivity index (χ0) is 19.3. The molecule has 0 saturated carbocycles. The van der Waals surface area contributed by atoms with Crippen LogP contribution in [0.15, 0.2) is 40.9 Å². The standard InChI is InChI=1S/C18H16BrClF3NO2/c1-11-4-7-16(13(19)9-11)26-8-2-3-17(25)24-15-10-12(18(21,22)23)5-6-14(15)20/h4-7,9-10H,2-3,8H2,1H3,(H,24,25). The molecule has 0 unspecified atom stereocenters. The lowest BCUT2D eigenvalue weighted by Crippen LogP contribution is -2.14. The van der Waals surface area contributed by atoms with Crippen LogP contribution in [0.5, 0.6) is 5.75 Å². The minimum absolute atomic E-state index is 0.0474. The van der Waals surface area contributed by atoms with Gasteiger partial charge in [-0.15, -0.1) is 0 Å². The highest BCUT2D eigenvalue weighted by Gasteiger charge is 2.31. The van der Waals surface area contributed by atoms with Crippen molar-refractivity contribution in [1.82, 2.24) is 0 Å². The van der Waals surface area contributed by atoms with Gasteiger partial charge in [-0.25, -0.2) is 0 Å². The molecule has 0 aromatic heterocycles. The highest BCUT2D eigenvalue weighted by atomic mass is 79.9. The Hall–Kier alpha value is -1.73. The number of nitrogens with one attached hydrogen (secondary N) is 1. The van der Waals surface area contributed by atoms with Crippen LogP contribution in [0, 0.1) is 6.92 Å². The van der Waals surface area contributed by atoms with Gasteiger partial charge in [-0.2, -0.15) is 13.2 Å². The molecule has 0 fully saturated rings. The highest BCUT2D eigenvalue weighted by molar-refractivity contribution is 9.10. The predicted octanol–water partition coefficient (Wildman–Crippen LogP) is 6.23. The maximum atomic E-state index is 12.7. The second kappa shape index (κ2) is 8.77. The Bertz CT molecular complexity index is 796. The number of carbonyl (C=O) groups excluding carboxylic acids is 1. The van der Waals surface area contributed by atoms with Crippen LogP contribution in [0.2, 0.25) is 5.02 Å². The smallest absolute Gasteiger partial charge is 0.416 e. The molecule has 3 nitrogen and oxygen atoms in total. The summed E-state index contributed by atoms with van der Waals surface area (Å²) in [5.74, 6) is 0.231. The fraction of sp³-hybridized carbons (Fsp3) is 0.278. The summed E-state index contributed by atoms with van der Waals surface area (Å²) in [7, 11) is 0. The molecule has 1 amide bonds. The van der Waals surface area contributed by atoms with E-state index in [0.29, 0.717) is 18.8 Å². The lowest BCUT2D eigenvalue weighted by atomic mass is 10.2. The van der Waals surface area contributed by atoms with Crippen molar-refractivity contribution in [2.75, 3.05) is 11.9 Å². The number of hydrogen-bond donors (Lipinski definition) is 1. The maximum Gasteiger partial charge on any atom is 0.416 e.